The fourth-order valence-corrected chi connectivity index (χ4v) is 3.46. The van der Waals surface area contributed by atoms with Crippen LogP contribution in [-0.4, -0.2) is 38.5 Å². The molecule has 0 bridgehead atoms. The molecule has 0 aliphatic heterocycles. The lowest BCUT2D eigenvalue weighted by molar-refractivity contribution is -0.385. The van der Waals surface area contributed by atoms with Crippen molar-refractivity contribution in [1.82, 2.24) is 9.66 Å². The number of aliphatic carboxylic acids is 1. The minimum absolute atomic E-state index is 0.109. The molecule has 1 aromatic heterocycles. The van der Waals surface area contributed by atoms with Crippen molar-refractivity contribution in [3.63, 3.8) is 0 Å². The molecule has 0 aliphatic rings. The van der Waals surface area contributed by atoms with Gasteiger partial charge in [0, 0.05) is 20.6 Å². The molecule has 30 heavy (non-hydrogen) atoms. The Balaban J connectivity index is 2.15. The number of rotatable bonds is 6. The predicted octanol–water partition coefficient (Wildman–Crippen LogP) is 3.48. The maximum Gasteiger partial charge on any atom is 0.341 e. The molecule has 3 rings (SSSR count). The van der Waals surface area contributed by atoms with Crippen molar-refractivity contribution < 1.29 is 19.6 Å². The van der Waals surface area contributed by atoms with Crippen LogP contribution in [0.4, 0.5) is 5.69 Å². The van der Waals surface area contributed by atoms with Gasteiger partial charge in [-0.2, -0.15) is 9.78 Å². The van der Waals surface area contributed by atoms with Gasteiger partial charge >= 0.3 is 11.7 Å². The summed E-state index contributed by atoms with van der Waals surface area (Å²) >= 11 is 6.47. The topological polar surface area (TPSA) is 137 Å². The molecule has 1 N–H and O–H groups in total. The van der Waals surface area contributed by atoms with Crippen molar-refractivity contribution >= 4 is 60.6 Å². The Kier molecular flexibility index (Phi) is 6.27. The molecule has 0 atom stereocenters. The van der Waals surface area contributed by atoms with Crippen LogP contribution in [0.25, 0.3) is 10.9 Å². The van der Waals surface area contributed by atoms with Crippen LogP contribution < -0.4 is 10.3 Å². The predicted molar refractivity (Wildman–Crippen MR) is 115 cm³/mol. The summed E-state index contributed by atoms with van der Waals surface area (Å²) in [5, 5.41) is 24.7. The normalized spacial score (nSPS) is 11.2. The lowest BCUT2D eigenvalue weighted by atomic mass is 10.2. The molecule has 10 nitrogen and oxygen atoms in total. The third-order valence-electron chi connectivity index (χ3n) is 3.88. The van der Waals surface area contributed by atoms with Crippen LogP contribution in [0, 0.1) is 17.0 Å². The Hall–Kier alpha value is -3.12. The van der Waals surface area contributed by atoms with Gasteiger partial charge in [-0.15, -0.1) is 0 Å². The summed E-state index contributed by atoms with van der Waals surface area (Å²) in [5.74, 6) is -1.29. The zero-order valence-corrected chi connectivity index (χ0v) is 18.4. The van der Waals surface area contributed by atoms with Gasteiger partial charge in [0.15, 0.2) is 6.61 Å². The van der Waals surface area contributed by atoms with Gasteiger partial charge in [0.1, 0.15) is 5.82 Å². The molecule has 0 spiro atoms. The molecule has 12 heteroatoms. The van der Waals surface area contributed by atoms with Gasteiger partial charge in [-0.3, -0.25) is 14.9 Å². The number of carboxylic acids is 1. The monoisotopic (exact) mass is 538 g/mol. The Morgan fingerprint density at radius 1 is 1.33 bits per heavy atom. The summed E-state index contributed by atoms with van der Waals surface area (Å²) in [6.45, 7) is 0.805. The largest absolute Gasteiger partial charge is 0.479 e. The quantitative estimate of drug-likeness (QED) is 0.287. The van der Waals surface area contributed by atoms with Crippen LogP contribution in [0.15, 0.2) is 49.2 Å². The van der Waals surface area contributed by atoms with E-state index < -0.39 is 28.7 Å². The Bertz CT molecular complexity index is 1270. The van der Waals surface area contributed by atoms with E-state index in [-0.39, 0.29) is 11.3 Å². The number of hydrogen-bond donors (Lipinski definition) is 1. The molecule has 0 saturated heterocycles. The molecule has 0 fully saturated rings. The van der Waals surface area contributed by atoms with Crippen LogP contribution in [-0.2, 0) is 4.79 Å². The zero-order valence-electron chi connectivity index (χ0n) is 15.2. The summed E-state index contributed by atoms with van der Waals surface area (Å²) in [4.78, 5) is 38.7. The summed E-state index contributed by atoms with van der Waals surface area (Å²) in [6.07, 6.45) is 1.18. The lowest BCUT2D eigenvalue weighted by Crippen LogP contribution is -2.20. The zero-order chi connectivity index (χ0) is 22.0. The third kappa shape index (κ3) is 4.54. The van der Waals surface area contributed by atoms with E-state index in [4.69, 9.17) is 9.84 Å². The second-order valence-corrected chi connectivity index (χ2v) is 7.80. The number of benzene rings is 2. The van der Waals surface area contributed by atoms with Crippen molar-refractivity contribution in [2.45, 2.75) is 6.92 Å². The number of halogens is 2. The number of aryl methyl sites for hydroxylation is 1. The van der Waals surface area contributed by atoms with Crippen molar-refractivity contribution in [2.24, 2.45) is 5.10 Å². The molecule has 1 heterocycles. The lowest BCUT2D eigenvalue weighted by Gasteiger charge is -2.09. The number of fused-ring (bicyclic) bond motifs is 1. The molecular formula is C18H12Br2N4O6. The van der Waals surface area contributed by atoms with Gasteiger partial charge in [0.25, 0.3) is 5.56 Å². The number of nitrogens with zero attached hydrogens (tertiary/aromatic N) is 4. The van der Waals surface area contributed by atoms with E-state index in [2.05, 4.69) is 41.9 Å². The van der Waals surface area contributed by atoms with E-state index >= 15 is 0 Å². The molecule has 0 radical (unpaired) electrons. The Morgan fingerprint density at radius 3 is 2.73 bits per heavy atom. The van der Waals surface area contributed by atoms with Crippen LogP contribution in [0.1, 0.15) is 11.4 Å². The third-order valence-corrected chi connectivity index (χ3v) is 4.83. The van der Waals surface area contributed by atoms with Crippen LogP contribution in [0.5, 0.6) is 5.75 Å². The average molecular weight is 540 g/mol. The van der Waals surface area contributed by atoms with Crippen molar-refractivity contribution in [3.05, 3.63) is 71.1 Å². The fourth-order valence-electron chi connectivity index (χ4n) is 2.64. The Morgan fingerprint density at radius 2 is 2.07 bits per heavy atom. The van der Waals surface area contributed by atoms with Crippen molar-refractivity contribution in [3.8, 4) is 5.75 Å². The van der Waals surface area contributed by atoms with Crippen LogP contribution in [0.3, 0.4) is 0 Å². The van der Waals surface area contributed by atoms with Gasteiger partial charge in [-0.1, -0.05) is 31.9 Å². The van der Waals surface area contributed by atoms with Crippen LogP contribution in [0.2, 0.25) is 0 Å². The first-order valence-electron chi connectivity index (χ1n) is 8.23. The van der Waals surface area contributed by atoms with Gasteiger partial charge in [-0.05, 0) is 31.2 Å². The first kappa shape index (κ1) is 21.6. The number of carboxylic acid groups (broad SMARTS) is 1. The van der Waals surface area contributed by atoms with Gasteiger partial charge < -0.3 is 9.84 Å². The first-order valence-corrected chi connectivity index (χ1v) is 9.81. The molecule has 0 unspecified atom stereocenters. The fraction of sp³-hybridized carbons (Fsp3) is 0.111. The number of ether oxygens (including phenoxy) is 1. The molecule has 2 aromatic carbocycles. The van der Waals surface area contributed by atoms with E-state index in [1.807, 2.05) is 0 Å². The summed E-state index contributed by atoms with van der Waals surface area (Å²) in [5.41, 5.74) is -0.280. The Labute approximate surface area is 185 Å². The molecular weight excluding hydrogens is 528 g/mol. The van der Waals surface area contributed by atoms with Gasteiger partial charge in [-0.25, -0.2) is 9.78 Å². The highest BCUT2D eigenvalue weighted by Crippen LogP contribution is 2.34. The van der Waals surface area contributed by atoms with Gasteiger partial charge in [0.05, 0.1) is 22.0 Å². The van der Waals surface area contributed by atoms with E-state index in [9.17, 15) is 19.7 Å². The second-order valence-electron chi connectivity index (χ2n) is 5.96. The van der Waals surface area contributed by atoms with E-state index in [1.165, 1.54) is 18.3 Å². The minimum atomic E-state index is -1.30. The highest BCUT2D eigenvalue weighted by Gasteiger charge is 2.21. The first-order chi connectivity index (χ1) is 14.2. The SMILES string of the molecule is Cc1nc2ccc(Br)cc2c(=O)n1N=Cc1cc(Br)cc([N+](=O)[O-])c1OCC(=O)O. The minimum Gasteiger partial charge on any atom is -0.479 e. The summed E-state index contributed by atoms with van der Waals surface area (Å²) < 4.78 is 7.21. The molecule has 3 aromatic rings. The molecule has 0 aliphatic carbocycles. The highest BCUT2D eigenvalue weighted by molar-refractivity contribution is 9.10. The molecule has 0 saturated carbocycles. The summed E-state index contributed by atoms with van der Waals surface area (Å²) in [7, 11) is 0. The average Bonchev–Trinajstić information content (AvgIpc) is 2.67. The van der Waals surface area contributed by atoms with Crippen LogP contribution >= 0.6 is 31.9 Å². The second kappa shape index (κ2) is 8.71. The standard InChI is InChI=1S/C18H12Br2N4O6/c1-9-22-14-3-2-11(19)5-13(14)18(27)23(9)21-7-10-4-12(20)6-15(24(28)29)17(10)30-8-16(25)26/h2-7H,8H2,1H3,(H,25,26). The summed E-state index contributed by atoms with van der Waals surface area (Å²) in [6, 6.07) is 7.70. The van der Waals surface area contributed by atoms with Crippen molar-refractivity contribution in [1.29, 1.82) is 0 Å². The molecule has 0 amide bonds. The highest BCUT2D eigenvalue weighted by atomic mass is 79.9. The maximum absolute atomic E-state index is 12.8. The van der Waals surface area contributed by atoms with E-state index in [0.717, 1.165) is 4.68 Å². The maximum atomic E-state index is 12.8. The number of nitro benzene ring substituents is 1. The van der Waals surface area contributed by atoms with Crippen molar-refractivity contribution in [2.75, 3.05) is 6.61 Å². The van der Waals surface area contributed by atoms with E-state index in [0.29, 0.717) is 25.7 Å². The van der Waals surface area contributed by atoms with Gasteiger partial charge in [0.2, 0.25) is 5.75 Å². The number of nitro groups is 1. The number of hydrogen-bond acceptors (Lipinski definition) is 7. The smallest absolute Gasteiger partial charge is 0.341 e. The van der Waals surface area contributed by atoms with E-state index in [1.54, 1.807) is 25.1 Å². The number of carbonyl (C=O) groups is 1. The number of aromatic nitrogens is 2. The molecule has 154 valence electrons.